The molecule has 1 aromatic carbocycles. The summed E-state index contributed by atoms with van der Waals surface area (Å²) >= 11 is 11.3. The lowest BCUT2D eigenvalue weighted by Crippen LogP contribution is -2.05. The monoisotopic (exact) mass is 254 g/mol. The van der Waals surface area contributed by atoms with Crippen molar-refractivity contribution in [3.05, 3.63) is 22.2 Å². The van der Waals surface area contributed by atoms with Gasteiger partial charge in [0.05, 0.1) is 10.9 Å². The Morgan fingerprint density at radius 3 is 3.07 bits per heavy atom. The molecule has 2 aromatic rings. The molecule has 0 aliphatic heterocycles. The van der Waals surface area contributed by atoms with Crippen LogP contribution in [-0.2, 0) is 0 Å². The van der Waals surface area contributed by atoms with Crippen LogP contribution in [0.15, 0.2) is 18.2 Å². The van der Waals surface area contributed by atoms with E-state index in [0.29, 0.717) is 9.70 Å². The fraction of sp³-hybridized carbons (Fsp3) is 0. The van der Waals surface area contributed by atoms with Crippen molar-refractivity contribution in [2.75, 3.05) is 0 Å². The summed E-state index contributed by atoms with van der Waals surface area (Å²) < 4.78 is 7.02. The second-order valence-electron chi connectivity index (χ2n) is 2.71. The number of ether oxygens (including phenoxy) is 1. The first kappa shape index (κ1) is 10.4. The number of thiocarbonyl (C=S) groups is 1. The van der Waals surface area contributed by atoms with Crippen molar-refractivity contribution in [3.8, 4) is 5.75 Å². The van der Waals surface area contributed by atoms with Gasteiger partial charge < -0.3 is 15.1 Å². The van der Waals surface area contributed by atoms with Crippen LogP contribution in [0.3, 0.4) is 0 Å². The molecule has 0 unspecified atom stereocenters. The van der Waals surface area contributed by atoms with E-state index >= 15 is 0 Å². The number of hydrogen-bond donors (Lipinski definition) is 2. The Balaban J connectivity index is 2.55. The number of nitrogens with one attached hydrogen (secondary N) is 2. The second-order valence-corrected chi connectivity index (χ2v) is 4.83. The molecule has 0 radical (unpaired) electrons. The summed E-state index contributed by atoms with van der Waals surface area (Å²) in [7, 11) is 0. The van der Waals surface area contributed by atoms with Crippen molar-refractivity contribution in [1.82, 2.24) is 4.98 Å². The second kappa shape index (κ2) is 4.18. The first-order valence-corrected chi connectivity index (χ1v) is 5.68. The van der Waals surface area contributed by atoms with E-state index in [1.54, 1.807) is 6.07 Å². The Morgan fingerprint density at radius 2 is 2.33 bits per heavy atom. The zero-order valence-electron chi connectivity index (χ0n) is 7.44. The first-order valence-electron chi connectivity index (χ1n) is 4.05. The van der Waals surface area contributed by atoms with Gasteiger partial charge in [0.1, 0.15) is 5.52 Å². The minimum absolute atomic E-state index is 0.132. The molecule has 0 atom stereocenters. The zero-order chi connectivity index (χ0) is 10.8. The number of benzene rings is 1. The van der Waals surface area contributed by atoms with Crippen LogP contribution in [0.4, 0.5) is 0 Å². The van der Waals surface area contributed by atoms with Crippen LogP contribution in [-0.4, -0.2) is 16.2 Å². The standard InChI is InChI=1S/C9H6N2OS3/c10-4-7(13)12-5-2-1-3-6-8(5)11-9(14)15-6/h1-4,10H,(H,11,14). The Kier molecular flexibility index (Phi) is 2.90. The molecule has 3 nitrogen and oxygen atoms in total. The van der Waals surface area contributed by atoms with Gasteiger partial charge >= 0.3 is 0 Å². The third kappa shape index (κ3) is 2.11. The van der Waals surface area contributed by atoms with Crippen LogP contribution >= 0.6 is 35.8 Å². The molecule has 0 aliphatic rings. The number of H-pyrrole nitrogens is 1. The van der Waals surface area contributed by atoms with Crippen molar-refractivity contribution in [1.29, 1.82) is 5.41 Å². The van der Waals surface area contributed by atoms with E-state index in [-0.39, 0.29) is 5.05 Å². The van der Waals surface area contributed by atoms with E-state index in [1.807, 2.05) is 12.1 Å². The third-order valence-electron chi connectivity index (χ3n) is 1.75. The molecular weight excluding hydrogens is 248 g/mol. The smallest absolute Gasteiger partial charge is 0.208 e. The maximum atomic E-state index is 6.95. The number of rotatable bonds is 2. The van der Waals surface area contributed by atoms with Crippen molar-refractivity contribution in [3.63, 3.8) is 0 Å². The van der Waals surface area contributed by atoms with Gasteiger partial charge in [0.15, 0.2) is 9.70 Å². The highest BCUT2D eigenvalue weighted by Gasteiger charge is 2.05. The fourth-order valence-corrected chi connectivity index (χ4v) is 2.38. The molecule has 0 bridgehead atoms. The average molecular weight is 254 g/mol. The third-order valence-corrected chi connectivity index (χ3v) is 3.15. The van der Waals surface area contributed by atoms with E-state index in [9.17, 15) is 0 Å². The summed E-state index contributed by atoms with van der Waals surface area (Å²) in [5.41, 5.74) is 0.830. The van der Waals surface area contributed by atoms with Gasteiger partial charge in [-0.25, -0.2) is 0 Å². The number of aromatic amines is 1. The van der Waals surface area contributed by atoms with Gasteiger partial charge in [-0.3, -0.25) is 0 Å². The van der Waals surface area contributed by atoms with Gasteiger partial charge in [-0.2, -0.15) is 0 Å². The minimum Gasteiger partial charge on any atom is -0.442 e. The van der Waals surface area contributed by atoms with Gasteiger partial charge in [-0.15, -0.1) is 11.3 Å². The number of hydrogen-bond acceptors (Lipinski definition) is 5. The molecule has 2 N–H and O–H groups in total. The summed E-state index contributed by atoms with van der Waals surface area (Å²) in [5.74, 6) is 0.605. The predicted octanol–water partition coefficient (Wildman–Crippen LogP) is 3.31. The van der Waals surface area contributed by atoms with Crippen LogP contribution in [0, 0.1) is 9.36 Å². The van der Waals surface area contributed by atoms with Gasteiger partial charge in [0.25, 0.3) is 0 Å². The lowest BCUT2D eigenvalue weighted by Gasteiger charge is -2.02. The van der Waals surface area contributed by atoms with Crippen LogP contribution in [0.2, 0.25) is 0 Å². The Hall–Kier alpha value is -1.11. The Bertz CT molecular complexity index is 584. The summed E-state index contributed by atoms with van der Waals surface area (Å²) in [5, 5.41) is 7.08. The molecule has 6 heteroatoms. The number of para-hydroxylation sites is 1. The predicted molar refractivity (Wildman–Crippen MR) is 69.0 cm³/mol. The molecule has 0 spiro atoms. The van der Waals surface area contributed by atoms with Crippen molar-refractivity contribution < 1.29 is 4.74 Å². The molecule has 76 valence electrons. The molecule has 1 heterocycles. The zero-order valence-corrected chi connectivity index (χ0v) is 9.89. The highest BCUT2D eigenvalue weighted by atomic mass is 32.1. The molecule has 15 heavy (non-hydrogen) atoms. The maximum absolute atomic E-state index is 6.95. The molecule has 0 aliphatic carbocycles. The summed E-state index contributed by atoms with van der Waals surface area (Å²) in [4.78, 5) is 3.03. The van der Waals surface area contributed by atoms with Gasteiger partial charge in [0.2, 0.25) is 5.05 Å². The van der Waals surface area contributed by atoms with Crippen LogP contribution < -0.4 is 4.74 Å². The molecule has 0 amide bonds. The van der Waals surface area contributed by atoms with Crippen LogP contribution in [0.25, 0.3) is 10.2 Å². The summed E-state index contributed by atoms with van der Waals surface area (Å²) in [6.07, 6.45) is 0.995. The highest BCUT2D eigenvalue weighted by Crippen LogP contribution is 2.27. The lowest BCUT2D eigenvalue weighted by molar-refractivity contribution is 0.580. The summed E-state index contributed by atoms with van der Waals surface area (Å²) in [6.45, 7) is 0. The van der Waals surface area contributed by atoms with Gasteiger partial charge in [-0.1, -0.05) is 6.07 Å². The highest BCUT2D eigenvalue weighted by molar-refractivity contribution is 7.81. The maximum Gasteiger partial charge on any atom is 0.208 e. The Morgan fingerprint density at radius 1 is 1.53 bits per heavy atom. The largest absolute Gasteiger partial charge is 0.442 e. The van der Waals surface area contributed by atoms with Crippen LogP contribution in [0.1, 0.15) is 0 Å². The lowest BCUT2D eigenvalue weighted by atomic mass is 10.3. The van der Waals surface area contributed by atoms with Gasteiger partial charge in [0, 0.05) is 0 Å². The normalized spacial score (nSPS) is 10.1. The average Bonchev–Trinajstić information content (AvgIpc) is 2.59. The molecule has 0 saturated carbocycles. The van der Waals surface area contributed by atoms with E-state index in [1.165, 1.54) is 11.3 Å². The molecule has 2 rings (SSSR count). The summed E-state index contributed by atoms with van der Waals surface area (Å²) in [6, 6.07) is 5.60. The van der Waals surface area contributed by atoms with E-state index in [4.69, 9.17) is 34.6 Å². The first-order chi connectivity index (χ1) is 7.20. The van der Waals surface area contributed by atoms with Crippen molar-refractivity contribution in [2.45, 2.75) is 0 Å². The van der Waals surface area contributed by atoms with Gasteiger partial charge in [-0.05, 0) is 36.6 Å². The molecule has 0 saturated heterocycles. The Labute approximate surface area is 100 Å². The van der Waals surface area contributed by atoms with E-state index in [0.717, 1.165) is 16.4 Å². The molecule has 0 fully saturated rings. The SMILES string of the molecule is N=CC(=S)Oc1cccc2sc(=S)[nH]c12. The van der Waals surface area contributed by atoms with Crippen LogP contribution in [0.5, 0.6) is 5.75 Å². The van der Waals surface area contributed by atoms with E-state index in [2.05, 4.69) is 4.98 Å². The number of thiazole rings is 1. The number of aromatic nitrogens is 1. The fourth-order valence-electron chi connectivity index (χ4n) is 1.17. The van der Waals surface area contributed by atoms with Crippen molar-refractivity contribution in [2.24, 2.45) is 0 Å². The molecule has 1 aromatic heterocycles. The number of fused-ring (bicyclic) bond motifs is 1. The van der Waals surface area contributed by atoms with E-state index < -0.39 is 0 Å². The topological polar surface area (TPSA) is 48.9 Å². The quantitative estimate of drug-likeness (QED) is 0.638. The minimum atomic E-state index is 0.132. The molecular formula is C9H6N2OS3. The van der Waals surface area contributed by atoms with Crippen molar-refractivity contribution >= 4 is 57.3 Å².